The second-order valence-corrected chi connectivity index (χ2v) is 4.90. The minimum Gasteiger partial charge on any atom is -0.351 e. The lowest BCUT2D eigenvalue weighted by atomic mass is 9.79. The van der Waals surface area contributed by atoms with E-state index in [-0.39, 0.29) is 11.7 Å². The number of hydrogen-bond donors (Lipinski definition) is 2. The Labute approximate surface area is 112 Å². The monoisotopic (exact) mass is 250 g/mol. The highest BCUT2D eigenvalue weighted by Crippen LogP contribution is 2.38. The van der Waals surface area contributed by atoms with Gasteiger partial charge < -0.3 is 5.32 Å². The Bertz CT molecular complexity index is 663. The maximum Gasteiger partial charge on any atom is 0.211 e. The van der Waals surface area contributed by atoms with Crippen LogP contribution in [-0.4, -0.2) is 11.4 Å². The van der Waals surface area contributed by atoms with Gasteiger partial charge in [-0.3, -0.25) is 10.5 Å². The maximum atomic E-state index is 12.6. The highest BCUT2D eigenvalue weighted by atomic mass is 16.1. The van der Waals surface area contributed by atoms with Crippen molar-refractivity contribution in [2.75, 3.05) is 5.32 Å². The zero-order valence-electron chi connectivity index (χ0n) is 10.4. The molecule has 0 spiro atoms. The first kappa shape index (κ1) is 11.8. The molecule has 3 nitrogen and oxygen atoms in total. The highest BCUT2D eigenvalue weighted by Gasteiger charge is 2.43. The molecule has 3 N–H and O–H groups in total. The minimum atomic E-state index is -1.31. The molecule has 1 aliphatic carbocycles. The third-order valence-corrected chi connectivity index (χ3v) is 3.51. The van der Waals surface area contributed by atoms with Crippen LogP contribution in [0.25, 0.3) is 0 Å². The molecule has 94 valence electrons. The predicted octanol–water partition coefficient (Wildman–Crippen LogP) is 1.94. The van der Waals surface area contributed by atoms with Crippen molar-refractivity contribution in [1.29, 1.82) is 0 Å². The van der Waals surface area contributed by atoms with Crippen molar-refractivity contribution in [2.45, 2.75) is 18.0 Å². The first-order chi connectivity index (χ1) is 9.10. The van der Waals surface area contributed by atoms with E-state index < -0.39 is 5.66 Å². The summed E-state index contributed by atoms with van der Waals surface area (Å²) >= 11 is 0. The molecule has 2 unspecified atom stereocenters. The van der Waals surface area contributed by atoms with Gasteiger partial charge in [0.2, 0.25) is 5.66 Å². The van der Waals surface area contributed by atoms with E-state index >= 15 is 0 Å². The number of benzene rings is 1. The van der Waals surface area contributed by atoms with Crippen LogP contribution in [0.5, 0.6) is 0 Å². The van der Waals surface area contributed by atoms with Crippen molar-refractivity contribution >= 4 is 11.5 Å². The van der Waals surface area contributed by atoms with Crippen LogP contribution >= 0.6 is 0 Å². The normalized spacial score (nSPS) is 29.8. The number of fused-ring (bicyclic) bond motifs is 4. The molecular formula is C16H14N2O. The van der Waals surface area contributed by atoms with Crippen LogP contribution in [0.1, 0.15) is 17.9 Å². The number of Topliss-reactive ketones (excluding diaryl/α,β-unsaturated/α-hetero) is 1. The summed E-state index contributed by atoms with van der Waals surface area (Å²) in [5.41, 5.74) is 7.55. The Morgan fingerprint density at radius 3 is 3.05 bits per heavy atom. The molecule has 1 aromatic carbocycles. The van der Waals surface area contributed by atoms with Crippen molar-refractivity contribution in [3.05, 3.63) is 54.1 Å². The van der Waals surface area contributed by atoms with E-state index in [0.29, 0.717) is 6.42 Å². The number of para-hydroxylation sites is 1. The number of rotatable bonds is 0. The standard InChI is InChI=1S/C16H14N2O/c1-11-6-4-5-9-16(17)15(19)13(10-11)12-7-2-3-8-14(12)18-16/h2-4,6-8,13,18H,1,10,17H2/b6-4-. The lowest BCUT2D eigenvalue weighted by molar-refractivity contribution is -0.123. The van der Waals surface area contributed by atoms with Gasteiger partial charge in [-0.15, -0.1) is 0 Å². The number of nitrogens with one attached hydrogen (secondary N) is 1. The Kier molecular flexibility index (Phi) is 2.55. The summed E-state index contributed by atoms with van der Waals surface area (Å²) in [6.45, 7) is 3.97. The zero-order chi connectivity index (χ0) is 13.5. The Morgan fingerprint density at radius 2 is 2.21 bits per heavy atom. The average molecular weight is 250 g/mol. The summed E-state index contributed by atoms with van der Waals surface area (Å²) < 4.78 is 0. The van der Waals surface area contributed by atoms with E-state index in [0.717, 1.165) is 16.8 Å². The lowest BCUT2D eigenvalue weighted by Crippen LogP contribution is -2.58. The summed E-state index contributed by atoms with van der Waals surface area (Å²) in [5.74, 6) is 5.26. The molecule has 1 aliphatic heterocycles. The SMILES string of the molecule is C=C1/C=C\C#CC2(N)Nc3ccccc3C(C1)C2=O. The average Bonchev–Trinajstić information content (AvgIpc) is 2.43. The summed E-state index contributed by atoms with van der Waals surface area (Å²) in [4.78, 5) is 12.6. The largest absolute Gasteiger partial charge is 0.351 e. The Balaban J connectivity index is 2.21. The fourth-order valence-corrected chi connectivity index (χ4v) is 2.55. The summed E-state index contributed by atoms with van der Waals surface area (Å²) in [6.07, 6.45) is 4.10. The van der Waals surface area contributed by atoms with Crippen LogP contribution in [-0.2, 0) is 4.79 Å². The number of anilines is 1. The third-order valence-electron chi connectivity index (χ3n) is 3.51. The van der Waals surface area contributed by atoms with Gasteiger partial charge in [-0.2, -0.15) is 0 Å². The van der Waals surface area contributed by atoms with Gasteiger partial charge in [0.25, 0.3) is 0 Å². The molecule has 19 heavy (non-hydrogen) atoms. The number of carbonyl (C=O) groups is 1. The van der Waals surface area contributed by atoms with E-state index in [2.05, 4.69) is 23.7 Å². The molecule has 2 bridgehead atoms. The van der Waals surface area contributed by atoms with Crippen molar-refractivity contribution in [2.24, 2.45) is 5.73 Å². The van der Waals surface area contributed by atoms with Gasteiger partial charge in [0.15, 0.2) is 5.78 Å². The fraction of sp³-hybridized carbons (Fsp3) is 0.188. The molecule has 3 rings (SSSR count). The van der Waals surface area contributed by atoms with Gasteiger partial charge in [0.1, 0.15) is 0 Å². The smallest absolute Gasteiger partial charge is 0.211 e. The van der Waals surface area contributed by atoms with Crippen molar-refractivity contribution in [3.8, 4) is 11.8 Å². The summed E-state index contributed by atoms with van der Waals surface area (Å²) in [6, 6.07) is 7.71. The lowest BCUT2D eigenvalue weighted by Gasteiger charge is -2.36. The van der Waals surface area contributed by atoms with Crippen molar-refractivity contribution in [1.82, 2.24) is 0 Å². The first-order valence-electron chi connectivity index (χ1n) is 6.17. The quantitative estimate of drug-likeness (QED) is 0.692. The number of allylic oxidation sites excluding steroid dienone is 3. The number of nitrogens with two attached hydrogens (primary N) is 1. The van der Waals surface area contributed by atoms with E-state index in [1.54, 1.807) is 6.08 Å². The van der Waals surface area contributed by atoms with Crippen LogP contribution < -0.4 is 11.1 Å². The molecule has 3 heteroatoms. The van der Waals surface area contributed by atoms with E-state index in [4.69, 9.17) is 5.73 Å². The number of ketones is 1. The van der Waals surface area contributed by atoms with E-state index in [9.17, 15) is 4.79 Å². The van der Waals surface area contributed by atoms with Crippen LogP contribution in [0.3, 0.4) is 0 Å². The molecule has 2 aliphatic rings. The molecule has 1 aromatic rings. The van der Waals surface area contributed by atoms with Crippen LogP contribution in [0, 0.1) is 11.8 Å². The van der Waals surface area contributed by atoms with Gasteiger partial charge in [-0.1, -0.05) is 42.3 Å². The maximum absolute atomic E-state index is 12.6. The van der Waals surface area contributed by atoms with Crippen LogP contribution in [0.15, 0.2) is 48.6 Å². The molecule has 0 aromatic heterocycles. The van der Waals surface area contributed by atoms with Gasteiger partial charge in [-0.05, 0) is 30.0 Å². The first-order valence-corrected chi connectivity index (χ1v) is 6.17. The molecule has 0 saturated carbocycles. The Hall–Kier alpha value is -2.31. The van der Waals surface area contributed by atoms with Crippen LogP contribution in [0.2, 0.25) is 0 Å². The van der Waals surface area contributed by atoms with Crippen molar-refractivity contribution < 1.29 is 4.79 Å². The number of hydrogen-bond acceptors (Lipinski definition) is 3. The van der Waals surface area contributed by atoms with E-state index in [1.807, 2.05) is 30.3 Å². The molecular weight excluding hydrogens is 236 g/mol. The zero-order valence-corrected chi connectivity index (χ0v) is 10.4. The molecule has 0 saturated heterocycles. The third kappa shape index (κ3) is 1.87. The number of carbonyl (C=O) groups excluding carboxylic acids is 1. The Morgan fingerprint density at radius 1 is 1.42 bits per heavy atom. The summed E-state index contributed by atoms with van der Waals surface area (Å²) in [7, 11) is 0. The molecule has 0 amide bonds. The second-order valence-electron chi connectivity index (χ2n) is 4.90. The molecule has 1 heterocycles. The molecule has 2 atom stereocenters. The second kappa shape index (κ2) is 4.11. The predicted molar refractivity (Wildman–Crippen MR) is 75.4 cm³/mol. The highest BCUT2D eigenvalue weighted by molar-refractivity contribution is 6.03. The van der Waals surface area contributed by atoms with Gasteiger partial charge in [0.05, 0.1) is 5.92 Å². The van der Waals surface area contributed by atoms with Crippen molar-refractivity contribution in [3.63, 3.8) is 0 Å². The summed E-state index contributed by atoms with van der Waals surface area (Å²) in [5, 5.41) is 3.06. The topological polar surface area (TPSA) is 55.1 Å². The van der Waals surface area contributed by atoms with Gasteiger partial charge in [-0.25, -0.2) is 0 Å². The minimum absolute atomic E-state index is 0.0939. The molecule has 0 fully saturated rings. The van der Waals surface area contributed by atoms with E-state index in [1.165, 1.54) is 0 Å². The van der Waals surface area contributed by atoms with Crippen LogP contribution in [0.4, 0.5) is 5.69 Å². The fourth-order valence-electron chi connectivity index (χ4n) is 2.55. The van der Waals surface area contributed by atoms with Gasteiger partial charge in [0, 0.05) is 5.69 Å². The molecule has 0 radical (unpaired) electrons. The van der Waals surface area contributed by atoms with Gasteiger partial charge >= 0.3 is 0 Å².